The van der Waals surface area contributed by atoms with Gasteiger partial charge in [0.05, 0.1) is 13.2 Å². The molecule has 0 spiro atoms. The summed E-state index contributed by atoms with van der Waals surface area (Å²) >= 11 is 0. The van der Waals surface area contributed by atoms with Crippen molar-refractivity contribution < 1.29 is 28.7 Å². The van der Waals surface area contributed by atoms with Crippen molar-refractivity contribution in [1.82, 2.24) is 0 Å². The minimum absolute atomic E-state index is 0.183. The Bertz CT molecular complexity index is 364. The lowest BCUT2D eigenvalue weighted by molar-refractivity contribution is -0.167. The SMILES string of the molecule is CC(=O)CCCCCCOC(=O)C(=O)OCCCCCCC(C)=O. The largest absolute Gasteiger partial charge is 0.457 e. The van der Waals surface area contributed by atoms with E-state index in [1.165, 1.54) is 0 Å². The lowest BCUT2D eigenvalue weighted by Crippen LogP contribution is -2.21. The number of rotatable bonds is 14. The van der Waals surface area contributed by atoms with E-state index in [1.807, 2.05) is 0 Å². The number of hydrogen-bond acceptors (Lipinski definition) is 6. The molecule has 0 saturated heterocycles. The second-order valence-corrected chi connectivity index (χ2v) is 6.00. The Balaban J connectivity index is 3.45. The summed E-state index contributed by atoms with van der Waals surface area (Å²) in [5.41, 5.74) is 0. The summed E-state index contributed by atoms with van der Waals surface area (Å²) in [7, 11) is 0. The monoisotopic (exact) mass is 342 g/mol. The number of hydrogen-bond donors (Lipinski definition) is 0. The molecule has 0 aliphatic heterocycles. The average Bonchev–Trinajstić information content (AvgIpc) is 2.51. The van der Waals surface area contributed by atoms with E-state index in [0.29, 0.717) is 25.7 Å². The van der Waals surface area contributed by atoms with Crippen molar-refractivity contribution in [2.24, 2.45) is 0 Å². The first-order valence-electron chi connectivity index (χ1n) is 8.76. The van der Waals surface area contributed by atoms with Gasteiger partial charge in [-0.2, -0.15) is 0 Å². The minimum Gasteiger partial charge on any atom is -0.457 e. The average molecular weight is 342 g/mol. The van der Waals surface area contributed by atoms with Crippen LogP contribution in [0.4, 0.5) is 0 Å². The van der Waals surface area contributed by atoms with Crippen molar-refractivity contribution in [3.63, 3.8) is 0 Å². The first-order chi connectivity index (χ1) is 11.4. The summed E-state index contributed by atoms with van der Waals surface area (Å²) in [4.78, 5) is 44.3. The molecule has 0 aromatic carbocycles. The molecule has 0 amide bonds. The maximum absolute atomic E-state index is 11.4. The molecular formula is C18H30O6. The van der Waals surface area contributed by atoms with Gasteiger partial charge in [0.2, 0.25) is 0 Å². The van der Waals surface area contributed by atoms with Gasteiger partial charge in [-0.05, 0) is 39.5 Å². The second-order valence-electron chi connectivity index (χ2n) is 6.00. The summed E-state index contributed by atoms with van der Waals surface area (Å²) in [5, 5.41) is 0. The first-order valence-corrected chi connectivity index (χ1v) is 8.76. The van der Waals surface area contributed by atoms with Crippen LogP contribution < -0.4 is 0 Å². The Labute approximate surface area is 144 Å². The normalized spacial score (nSPS) is 10.2. The minimum atomic E-state index is -0.949. The highest BCUT2D eigenvalue weighted by atomic mass is 16.6. The third-order valence-electron chi connectivity index (χ3n) is 3.48. The molecule has 138 valence electrons. The van der Waals surface area contributed by atoms with Crippen molar-refractivity contribution in [3.05, 3.63) is 0 Å². The standard InChI is InChI=1S/C18H30O6/c1-15(19)11-7-3-5-9-13-23-17(21)18(22)24-14-10-6-4-8-12-16(2)20/h3-14H2,1-2H3. The summed E-state index contributed by atoms with van der Waals surface area (Å²) in [6, 6.07) is 0. The van der Waals surface area contributed by atoms with E-state index in [-0.39, 0.29) is 24.8 Å². The van der Waals surface area contributed by atoms with Gasteiger partial charge in [-0.3, -0.25) is 0 Å². The van der Waals surface area contributed by atoms with Gasteiger partial charge in [-0.1, -0.05) is 25.7 Å². The molecule has 0 aromatic rings. The quantitative estimate of drug-likeness (QED) is 0.274. The molecule has 0 rings (SSSR count). The van der Waals surface area contributed by atoms with E-state index in [0.717, 1.165) is 38.5 Å². The number of carbonyl (C=O) groups excluding carboxylic acids is 4. The van der Waals surface area contributed by atoms with E-state index in [1.54, 1.807) is 13.8 Å². The van der Waals surface area contributed by atoms with Crippen LogP contribution in [0.5, 0.6) is 0 Å². The second kappa shape index (κ2) is 14.8. The maximum atomic E-state index is 11.4. The molecule has 6 nitrogen and oxygen atoms in total. The Morgan fingerprint density at radius 2 is 0.875 bits per heavy atom. The van der Waals surface area contributed by atoms with E-state index < -0.39 is 11.9 Å². The van der Waals surface area contributed by atoms with Crippen molar-refractivity contribution in [1.29, 1.82) is 0 Å². The molecule has 0 aliphatic carbocycles. The van der Waals surface area contributed by atoms with Crippen LogP contribution in [0, 0.1) is 0 Å². The highest BCUT2D eigenvalue weighted by molar-refractivity contribution is 6.29. The molecule has 0 saturated carbocycles. The third-order valence-corrected chi connectivity index (χ3v) is 3.48. The fraction of sp³-hybridized carbons (Fsp3) is 0.778. The lowest BCUT2D eigenvalue weighted by Gasteiger charge is -2.05. The number of unbranched alkanes of at least 4 members (excludes halogenated alkanes) is 6. The Morgan fingerprint density at radius 3 is 1.21 bits per heavy atom. The number of Topliss-reactive ketones (excluding diaryl/α,β-unsaturated/α-hetero) is 2. The van der Waals surface area contributed by atoms with Crippen LogP contribution in [0.25, 0.3) is 0 Å². The van der Waals surface area contributed by atoms with Gasteiger partial charge < -0.3 is 19.1 Å². The van der Waals surface area contributed by atoms with Crippen molar-refractivity contribution in [3.8, 4) is 0 Å². The number of esters is 2. The zero-order valence-electron chi connectivity index (χ0n) is 14.9. The summed E-state index contributed by atoms with van der Waals surface area (Å²) in [6.45, 7) is 3.52. The molecule has 0 fully saturated rings. The molecule has 0 aromatic heterocycles. The fourth-order valence-electron chi connectivity index (χ4n) is 2.11. The van der Waals surface area contributed by atoms with Gasteiger partial charge in [0.25, 0.3) is 0 Å². The highest BCUT2D eigenvalue weighted by Gasteiger charge is 2.16. The summed E-state index contributed by atoms with van der Waals surface area (Å²) in [5.74, 6) is -1.53. The topological polar surface area (TPSA) is 86.7 Å². The summed E-state index contributed by atoms with van der Waals surface area (Å²) in [6.07, 6.45) is 7.74. The first kappa shape index (κ1) is 22.3. The Hall–Kier alpha value is -1.72. The molecule has 0 heterocycles. The molecule has 0 radical (unpaired) electrons. The number of carbonyl (C=O) groups is 4. The fourth-order valence-corrected chi connectivity index (χ4v) is 2.11. The third kappa shape index (κ3) is 15.2. The molecule has 0 N–H and O–H groups in total. The van der Waals surface area contributed by atoms with Gasteiger partial charge in [0.1, 0.15) is 11.6 Å². The van der Waals surface area contributed by atoms with E-state index in [2.05, 4.69) is 0 Å². The van der Waals surface area contributed by atoms with Crippen LogP contribution in [0.15, 0.2) is 0 Å². The molecule has 0 aliphatic rings. The van der Waals surface area contributed by atoms with Gasteiger partial charge >= 0.3 is 11.9 Å². The van der Waals surface area contributed by atoms with Crippen molar-refractivity contribution >= 4 is 23.5 Å². The number of ketones is 2. The molecule has 0 unspecified atom stereocenters. The van der Waals surface area contributed by atoms with Crippen LogP contribution >= 0.6 is 0 Å². The summed E-state index contributed by atoms with van der Waals surface area (Å²) < 4.78 is 9.67. The number of ether oxygens (including phenoxy) is 2. The van der Waals surface area contributed by atoms with Crippen molar-refractivity contribution in [2.45, 2.75) is 78.1 Å². The molecule has 6 heteroatoms. The van der Waals surface area contributed by atoms with Gasteiger partial charge in [0.15, 0.2) is 0 Å². The van der Waals surface area contributed by atoms with Crippen LogP contribution in [-0.2, 0) is 28.7 Å². The zero-order chi connectivity index (χ0) is 18.2. The van der Waals surface area contributed by atoms with Crippen LogP contribution in [-0.4, -0.2) is 36.7 Å². The Kier molecular flexibility index (Phi) is 13.8. The molecule has 0 bridgehead atoms. The molecule has 0 atom stereocenters. The van der Waals surface area contributed by atoms with Crippen LogP contribution in [0.1, 0.15) is 78.1 Å². The van der Waals surface area contributed by atoms with Gasteiger partial charge in [0, 0.05) is 12.8 Å². The van der Waals surface area contributed by atoms with Gasteiger partial charge in [-0.15, -0.1) is 0 Å². The maximum Gasteiger partial charge on any atom is 0.417 e. The zero-order valence-corrected chi connectivity index (χ0v) is 14.9. The molecular weight excluding hydrogens is 312 g/mol. The smallest absolute Gasteiger partial charge is 0.417 e. The van der Waals surface area contributed by atoms with E-state index >= 15 is 0 Å². The van der Waals surface area contributed by atoms with E-state index in [4.69, 9.17) is 9.47 Å². The van der Waals surface area contributed by atoms with E-state index in [9.17, 15) is 19.2 Å². The van der Waals surface area contributed by atoms with Crippen LogP contribution in [0.2, 0.25) is 0 Å². The van der Waals surface area contributed by atoms with Crippen LogP contribution in [0.3, 0.4) is 0 Å². The van der Waals surface area contributed by atoms with Crippen molar-refractivity contribution in [2.75, 3.05) is 13.2 Å². The molecule has 24 heavy (non-hydrogen) atoms. The van der Waals surface area contributed by atoms with Gasteiger partial charge in [-0.25, -0.2) is 9.59 Å². The highest BCUT2D eigenvalue weighted by Crippen LogP contribution is 2.05. The lowest BCUT2D eigenvalue weighted by atomic mass is 10.1. The predicted molar refractivity (Wildman–Crippen MR) is 89.5 cm³/mol. The Morgan fingerprint density at radius 1 is 0.542 bits per heavy atom. The predicted octanol–water partition coefficient (Wildman–Crippen LogP) is 3.15.